The minimum absolute atomic E-state index is 0.0912. The maximum Gasteiger partial charge on any atom is 0.307 e. The fourth-order valence-electron chi connectivity index (χ4n) is 1.47. The van der Waals surface area contributed by atoms with Crippen LogP contribution in [0.15, 0.2) is 0 Å². The van der Waals surface area contributed by atoms with E-state index in [1.807, 2.05) is 0 Å². The molecule has 2 atom stereocenters. The van der Waals surface area contributed by atoms with E-state index in [9.17, 15) is 9.59 Å². The lowest BCUT2D eigenvalue weighted by molar-refractivity contribution is -0.140. The van der Waals surface area contributed by atoms with Gasteiger partial charge in [0.25, 0.3) is 0 Å². The molecule has 0 aromatic heterocycles. The van der Waals surface area contributed by atoms with Gasteiger partial charge in [0.2, 0.25) is 5.91 Å². The summed E-state index contributed by atoms with van der Waals surface area (Å²) in [6.45, 7) is 0.669. The van der Waals surface area contributed by atoms with Crippen LogP contribution in [0.1, 0.15) is 19.3 Å². The van der Waals surface area contributed by atoms with E-state index in [1.165, 1.54) is 0 Å². The normalized spacial score (nSPS) is 23.5. The highest BCUT2D eigenvalue weighted by Crippen LogP contribution is 2.38. The van der Waals surface area contributed by atoms with Gasteiger partial charge >= 0.3 is 5.97 Å². The van der Waals surface area contributed by atoms with Crippen LogP contribution in [0.25, 0.3) is 0 Å². The Morgan fingerprint density at radius 3 is 2.67 bits per heavy atom. The summed E-state index contributed by atoms with van der Waals surface area (Å²) in [5, 5.41) is 11.4. The van der Waals surface area contributed by atoms with Gasteiger partial charge in [0.05, 0.1) is 11.8 Å². The topological polar surface area (TPSA) is 66.4 Å². The van der Waals surface area contributed by atoms with E-state index in [-0.39, 0.29) is 11.8 Å². The molecule has 0 aromatic carbocycles. The molecule has 0 aromatic rings. The fraction of sp³-hybridized carbons (Fsp3) is 0.800. The van der Waals surface area contributed by atoms with Crippen molar-refractivity contribution in [2.45, 2.75) is 19.3 Å². The highest BCUT2D eigenvalue weighted by atomic mass is 32.2. The van der Waals surface area contributed by atoms with Crippen LogP contribution >= 0.6 is 11.8 Å². The first-order valence-electron chi connectivity index (χ1n) is 5.16. The Morgan fingerprint density at radius 1 is 1.40 bits per heavy atom. The summed E-state index contributed by atoms with van der Waals surface area (Å²) in [6, 6.07) is 0. The molecule has 1 saturated carbocycles. The number of carbonyl (C=O) groups excluding carboxylic acids is 1. The molecule has 1 fully saturated rings. The van der Waals surface area contributed by atoms with E-state index >= 15 is 0 Å². The predicted molar refractivity (Wildman–Crippen MR) is 59.9 cm³/mol. The van der Waals surface area contributed by atoms with E-state index < -0.39 is 11.9 Å². The molecular weight excluding hydrogens is 214 g/mol. The highest BCUT2D eigenvalue weighted by Gasteiger charge is 2.48. The number of nitrogens with one attached hydrogen (secondary N) is 1. The van der Waals surface area contributed by atoms with Crippen molar-refractivity contribution in [1.82, 2.24) is 5.32 Å². The first-order valence-corrected chi connectivity index (χ1v) is 6.55. The number of hydrogen-bond donors (Lipinski definition) is 2. The van der Waals surface area contributed by atoms with Crippen molar-refractivity contribution in [2.24, 2.45) is 11.8 Å². The van der Waals surface area contributed by atoms with Gasteiger partial charge in [0.1, 0.15) is 0 Å². The summed E-state index contributed by atoms with van der Waals surface area (Å²) in [5.41, 5.74) is 0. The van der Waals surface area contributed by atoms with E-state index in [1.54, 1.807) is 11.8 Å². The molecular formula is C10H17NO3S. The summed E-state index contributed by atoms with van der Waals surface area (Å²) in [6.07, 6.45) is 4.62. The van der Waals surface area contributed by atoms with Crippen LogP contribution in [-0.4, -0.2) is 35.5 Å². The zero-order chi connectivity index (χ0) is 11.3. The second-order valence-electron chi connectivity index (χ2n) is 3.78. The first-order chi connectivity index (χ1) is 7.16. The summed E-state index contributed by atoms with van der Waals surface area (Å²) in [5.74, 6) is -0.542. The van der Waals surface area contributed by atoms with Crippen molar-refractivity contribution < 1.29 is 14.7 Å². The summed E-state index contributed by atoms with van der Waals surface area (Å²) in [4.78, 5) is 21.9. The SMILES string of the molecule is CSCCCCNC(=O)[C@@H]1C[C@H]1C(=O)O. The molecule has 0 unspecified atom stereocenters. The fourth-order valence-corrected chi connectivity index (χ4v) is 1.96. The molecule has 1 aliphatic carbocycles. The Kier molecular flexibility index (Phi) is 4.94. The Morgan fingerprint density at radius 2 is 2.13 bits per heavy atom. The third-order valence-corrected chi connectivity index (χ3v) is 3.22. The molecule has 0 radical (unpaired) electrons. The molecule has 0 saturated heterocycles. The number of carbonyl (C=O) groups is 2. The van der Waals surface area contributed by atoms with Gasteiger partial charge in [-0.3, -0.25) is 9.59 Å². The van der Waals surface area contributed by atoms with Crippen LogP contribution in [0.2, 0.25) is 0 Å². The third kappa shape index (κ3) is 4.11. The Hall–Kier alpha value is -0.710. The molecule has 1 aliphatic rings. The van der Waals surface area contributed by atoms with Crippen LogP contribution < -0.4 is 5.32 Å². The lowest BCUT2D eigenvalue weighted by Crippen LogP contribution is -2.27. The van der Waals surface area contributed by atoms with Crippen LogP contribution in [0.4, 0.5) is 0 Å². The number of hydrogen-bond acceptors (Lipinski definition) is 3. The van der Waals surface area contributed by atoms with Crippen molar-refractivity contribution >= 4 is 23.6 Å². The Labute approximate surface area is 93.8 Å². The number of thioether (sulfide) groups is 1. The minimum Gasteiger partial charge on any atom is -0.481 e. The largest absolute Gasteiger partial charge is 0.481 e. The van der Waals surface area contributed by atoms with Crippen molar-refractivity contribution in [3.63, 3.8) is 0 Å². The van der Waals surface area contributed by atoms with Crippen molar-refractivity contribution in [2.75, 3.05) is 18.6 Å². The van der Waals surface area contributed by atoms with Gasteiger partial charge in [-0.25, -0.2) is 0 Å². The molecule has 0 aliphatic heterocycles. The first kappa shape index (κ1) is 12.4. The molecule has 15 heavy (non-hydrogen) atoms. The molecule has 5 heteroatoms. The minimum atomic E-state index is -0.850. The second kappa shape index (κ2) is 6.00. The van der Waals surface area contributed by atoms with E-state index in [2.05, 4.69) is 11.6 Å². The van der Waals surface area contributed by atoms with Gasteiger partial charge in [-0.2, -0.15) is 11.8 Å². The molecule has 0 spiro atoms. The second-order valence-corrected chi connectivity index (χ2v) is 4.76. The standard InChI is InChI=1S/C10H17NO3S/c1-15-5-3-2-4-11-9(12)7-6-8(7)10(13)14/h7-8H,2-6H2,1H3,(H,11,12)(H,13,14)/t7-,8-/m1/s1. The van der Waals surface area contributed by atoms with Crippen molar-refractivity contribution in [3.05, 3.63) is 0 Å². The predicted octanol–water partition coefficient (Wildman–Crippen LogP) is 0.967. The van der Waals surface area contributed by atoms with Crippen LogP contribution in [-0.2, 0) is 9.59 Å². The zero-order valence-corrected chi connectivity index (χ0v) is 9.68. The van der Waals surface area contributed by atoms with Crippen molar-refractivity contribution in [1.29, 1.82) is 0 Å². The number of carboxylic acids is 1. The van der Waals surface area contributed by atoms with Gasteiger partial charge in [0.15, 0.2) is 0 Å². The molecule has 0 bridgehead atoms. The van der Waals surface area contributed by atoms with Gasteiger partial charge in [0, 0.05) is 6.54 Å². The van der Waals surface area contributed by atoms with Crippen LogP contribution in [0.3, 0.4) is 0 Å². The average Bonchev–Trinajstić information content (AvgIpc) is 2.96. The summed E-state index contributed by atoms with van der Waals surface area (Å²) < 4.78 is 0. The monoisotopic (exact) mass is 231 g/mol. The lowest BCUT2D eigenvalue weighted by atomic mass is 10.3. The summed E-state index contributed by atoms with van der Waals surface area (Å²) in [7, 11) is 0. The number of amides is 1. The number of unbranched alkanes of at least 4 members (excludes halogenated alkanes) is 1. The quantitative estimate of drug-likeness (QED) is 0.641. The molecule has 1 amide bonds. The van der Waals surface area contributed by atoms with Gasteiger partial charge in [-0.1, -0.05) is 0 Å². The van der Waals surface area contributed by atoms with Crippen LogP contribution in [0.5, 0.6) is 0 Å². The molecule has 4 nitrogen and oxygen atoms in total. The number of rotatable bonds is 7. The average molecular weight is 231 g/mol. The van der Waals surface area contributed by atoms with Gasteiger partial charge in [-0.05, 0) is 31.3 Å². The van der Waals surface area contributed by atoms with Crippen LogP contribution in [0, 0.1) is 11.8 Å². The van der Waals surface area contributed by atoms with Gasteiger partial charge < -0.3 is 10.4 Å². The lowest BCUT2D eigenvalue weighted by Gasteiger charge is -2.03. The Balaban J connectivity index is 2.03. The van der Waals surface area contributed by atoms with E-state index in [0.29, 0.717) is 13.0 Å². The maximum atomic E-state index is 11.4. The highest BCUT2D eigenvalue weighted by molar-refractivity contribution is 7.98. The van der Waals surface area contributed by atoms with Gasteiger partial charge in [-0.15, -0.1) is 0 Å². The van der Waals surface area contributed by atoms with Crippen molar-refractivity contribution in [3.8, 4) is 0 Å². The maximum absolute atomic E-state index is 11.4. The molecule has 1 rings (SSSR count). The molecule has 0 heterocycles. The van der Waals surface area contributed by atoms with E-state index in [4.69, 9.17) is 5.11 Å². The number of aliphatic carboxylic acids is 1. The smallest absolute Gasteiger partial charge is 0.307 e. The zero-order valence-electron chi connectivity index (χ0n) is 8.86. The van der Waals surface area contributed by atoms with E-state index in [0.717, 1.165) is 18.6 Å². The molecule has 86 valence electrons. The third-order valence-electron chi connectivity index (χ3n) is 2.52. The Bertz CT molecular complexity index is 245. The summed E-state index contributed by atoms with van der Waals surface area (Å²) >= 11 is 1.79. The molecule has 2 N–H and O–H groups in total. The number of carboxylic acid groups (broad SMARTS) is 1.